The van der Waals surface area contributed by atoms with Crippen LogP contribution in [-0.2, 0) is 0 Å². The molecule has 0 aromatic carbocycles. The van der Waals surface area contributed by atoms with Crippen molar-refractivity contribution in [3.05, 3.63) is 28.3 Å². The highest BCUT2D eigenvalue weighted by Crippen LogP contribution is 2.27. The van der Waals surface area contributed by atoms with Crippen LogP contribution in [0.3, 0.4) is 0 Å². The van der Waals surface area contributed by atoms with Crippen LogP contribution < -0.4 is 5.56 Å². The van der Waals surface area contributed by atoms with Crippen LogP contribution in [0.4, 0.5) is 5.82 Å². The van der Waals surface area contributed by atoms with Crippen LogP contribution in [0, 0.1) is 6.92 Å². The first-order valence-corrected chi connectivity index (χ1v) is 3.40. The summed E-state index contributed by atoms with van der Waals surface area (Å²) in [6.07, 6.45) is 0. The van der Waals surface area contributed by atoms with Gasteiger partial charge in [-0.1, -0.05) is 6.58 Å². The van der Waals surface area contributed by atoms with Crippen LogP contribution >= 0.6 is 0 Å². The Hall–Kier alpha value is -1.78. The van der Waals surface area contributed by atoms with Crippen LogP contribution in [0.5, 0.6) is 0 Å². The summed E-state index contributed by atoms with van der Waals surface area (Å²) in [6.45, 7) is 5.26. The predicted octanol–water partition coefficient (Wildman–Crippen LogP) is 1.15. The fourth-order valence-electron chi connectivity index (χ4n) is 1.06. The lowest BCUT2D eigenvalue weighted by atomic mass is 10.2. The van der Waals surface area contributed by atoms with Crippen LogP contribution in [-0.4, -0.2) is 9.97 Å². The van der Waals surface area contributed by atoms with Crippen LogP contribution in [0.25, 0.3) is 5.70 Å². The van der Waals surface area contributed by atoms with E-state index in [2.05, 4.69) is 26.8 Å². The van der Waals surface area contributed by atoms with Crippen molar-refractivity contribution >= 4 is 11.5 Å². The van der Waals surface area contributed by atoms with E-state index in [9.17, 15) is 4.79 Å². The average molecular weight is 162 g/mol. The maximum atomic E-state index is 11.3. The van der Waals surface area contributed by atoms with Crippen molar-refractivity contribution in [2.45, 2.75) is 6.92 Å². The van der Waals surface area contributed by atoms with Crippen LogP contribution in [0.15, 0.2) is 21.6 Å². The molecule has 1 aliphatic rings. The van der Waals surface area contributed by atoms with E-state index in [0.717, 1.165) is 0 Å². The third-order valence-corrected chi connectivity index (χ3v) is 1.57. The average Bonchev–Trinajstić information content (AvgIpc) is 2.31. The van der Waals surface area contributed by atoms with Crippen molar-refractivity contribution < 1.29 is 0 Å². The second-order valence-electron chi connectivity index (χ2n) is 2.50. The van der Waals surface area contributed by atoms with Gasteiger partial charge in [0.1, 0.15) is 11.4 Å². The van der Waals surface area contributed by atoms with Gasteiger partial charge in [0, 0.05) is 0 Å². The summed E-state index contributed by atoms with van der Waals surface area (Å²) in [7, 11) is 0. The number of hydrogen-bond donors (Lipinski definition) is 1. The minimum absolute atomic E-state index is 0.229. The summed E-state index contributed by atoms with van der Waals surface area (Å²) in [6, 6.07) is 0. The van der Waals surface area contributed by atoms with E-state index < -0.39 is 0 Å². The number of H-pyrrole nitrogens is 1. The van der Waals surface area contributed by atoms with Crippen molar-refractivity contribution in [1.29, 1.82) is 0 Å². The van der Waals surface area contributed by atoms with Gasteiger partial charge >= 0.3 is 0 Å². The Morgan fingerprint density at radius 3 is 2.92 bits per heavy atom. The third kappa shape index (κ3) is 0.795. The number of azo groups is 1. The number of nitrogens with zero attached hydrogens (tertiary/aromatic N) is 3. The minimum atomic E-state index is -0.229. The van der Waals surface area contributed by atoms with E-state index >= 15 is 0 Å². The molecule has 0 bridgehead atoms. The number of fused-ring (bicyclic) bond motifs is 1. The maximum absolute atomic E-state index is 11.3. The molecule has 0 spiro atoms. The van der Waals surface area contributed by atoms with Crippen molar-refractivity contribution in [1.82, 2.24) is 9.97 Å². The van der Waals surface area contributed by atoms with Gasteiger partial charge in [0.05, 0.1) is 5.70 Å². The van der Waals surface area contributed by atoms with E-state index in [1.54, 1.807) is 6.92 Å². The Kier molecular flexibility index (Phi) is 1.21. The Morgan fingerprint density at radius 2 is 2.17 bits per heavy atom. The van der Waals surface area contributed by atoms with E-state index in [1.807, 2.05) is 0 Å². The zero-order valence-corrected chi connectivity index (χ0v) is 6.46. The maximum Gasteiger partial charge on any atom is 0.262 e. The lowest BCUT2D eigenvalue weighted by molar-refractivity contribution is 1.01. The second kappa shape index (κ2) is 2.10. The van der Waals surface area contributed by atoms with Gasteiger partial charge in [0.25, 0.3) is 5.56 Å². The van der Waals surface area contributed by atoms with Crippen LogP contribution in [0.2, 0.25) is 0 Å². The molecule has 1 aliphatic heterocycles. The first kappa shape index (κ1) is 6.90. The normalized spacial score (nSPS) is 13.6. The van der Waals surface area contributed by atoms with E-state index in [0.29, 0.717) is 22.9 Å². The van der Waals surface area contributed by atoms with Crippen molar-refractivity contribution in [3.8, 4) is 0 Å². The zero-order chi connectivity index (χ0) is 8.72. The molecule has 0 atom stereocenters. The Morgan fingerprint density at radius 1 is 1.42 bits per heavy atom. The predicted molar refractivity (Wildman–Crippen MR) is 43.1 cm³/mol. The summed E-state index contributed by atoms with van der Waals surface area (Å²) in [5.41, 5.74) is 0.520. The minimum Gasteiger partial charge on any atom is -0.310 e. The summed E-state index contributed by atoms with van der Waals surface area (Å²) in [5.74, 6) is 0.897. The number of aromatic amines is 1. The monoisotopic (exact) mass is 162 g/mol. The quantitative estimate of drug-likeness (QED) is 0.621. The summed E-state index contributed by atoms with van der Waals surface area (Å²) in [4.78, 5) is 17.8. The smallest absolute Gasteiger partial charge is 0.262 e. The molecule has 0 saturated carbocycles. The molecule has 0 unspecified atom stereocenters. The van der Waals surface area contributed by atoms with Gasteiger partial charge in [-0.3, -0.25) is 4.79 Å². The molecule has 60 valence electrons. The SMILES string of the molecule is C=C1N=Nc2nc(C)[nH]c(=O)c21. The molecule has 0 amide bonds. The van der Waals surface area contributed by atoms with E-state index in [4.69, 9.17) is 0 Å². The van der Waals surface area contributed by atoms with E-state index in [-0.39, 0.29) is 5.56 Å². The largest absolute Gasteiger partial charge is 0.310 e. The van der Waals surface area contributed by atoms with Gasteiger partial charge in [0.15, 0.2) is 5.82 Å². The molecule has 1 aromatic heterocycles. The van der Waals surface area contributed by atoms with Gasteiger partial charge in [-0.05, 0) is 6.92 Å². The second-order valence-corrected chi connectivity index (χ2v) is 2.50. The van der Waals surface area contributed by atoms with Gasteiger partial charge in [-0.25, -0.2) is 4.98 Å². The topological polar surface area (TPSA) is 70.5 Å². The van der Waals surface area contributed by atoms with Gasteiger partial charge < -0.3 is 4.98 Å². The number of aromatic nitrogens is 2. The standard InChI is InChI=1S/C7H6N4O/c1-3-5-6(11-10-3)8-4(2)9-7(5)12/h1H2,2H3,(H,8,9,12). The highest BCUT2D eigenvalue weighted by Gasteiger charge is 2.17. The summed E-state index contributed by atoms with van der Waals surface area (Å²) in [5, 5.41) is 7.35. The van der Waals surface area contributed by atoms with Crippen molar-refractivity contribution in [2.24, 2.45) is 10.2 Å². The molecule has 5 nitrogen and oxygen atoms in total. The molecule has 2 rings (SSSR count). The molecule has 0 saturated heterocycles. The molecular formula is C7H6N4O. The number of rotatable bonds is 0. The van der Waals surface area contributed by atoms with Crippen molar-refractivity contribution in [3.63, 3.8) is 0 Å². The Labute approximate surface area is 67.9 Å². The molecule has 0 radical (unpaired) electrons. The van der Waals surface area contributed by atoms with E-state index in [1.165, 1.54) is 0 Å². The number of nitrogens with one attached hydrogen (secondary N) is 1. The molecule has 12 heavy (non-hydrogen) atoms. The highest BCUT2D eigenvalue weighted by atomic mass is 16.1. The first-order chi connectivity index (χ1) is 5.68. The molecule has 0 fully saturated rings. The fraction of sp³-hybridized carbons (Fsp3) is 0.143. The third-order valence-electron chi connectivity index (χ3n) is 1.57. The molecule has 2 heterocycles. The lowest BCUT2D eigenvalue weighted by Gasteiger charge is -1.94. The number of aryl methyl sites for hydroxylation is 1. The summed E-state index contributed by atoms with van der Waals surface area (Å²) < 4.78 is 0. The molecule has 1 N–H and O–H groups in total. The highest BCUT2D eigenvalue weighted by molar-refractivity contribution is 5.72. The zero-order valence-electron chi connectivity index (χ0n) is 6.46. The van der Waals surface area contributed by atoms with Crippen LogP contribution in [0.1, 0.15) is 11.4 Å². The Bertz CT molecular complexity index is 443. The van der Waals surface area contributed by atoms with Gasteiger partial charge in [-0.15, -0.1) is 10.2 Å². The lowest BCUT2D eigenvalue weighted by Crippen LogP contribution is -2.12. The molecule has 1 aromatic rings. The first-order valence-electron chi connectivity index (χ1n) is 3.40. The Balaban J connectivity index is 2.83. The molecule has 0 aliphatic carbocycles. The molecular weight excluding hydrogens is 156 g/mol. The van der Waals surface area contributed by atoms with Gasteiger partial charge in [0.2, 0.25) is 0 Å². The molecule has 5 heteroatoms. The summed E-state index contributed by atoms with van der Waals surface area (Å²) >= 11 is 0. The fourth-order valence-corrected chi connectivity index (χ4v) is 1.06. The van der Waals surface area contributed by atoms with Crippen molar-refractivity contribution in [2.75, 3.05) is 0 Å². The number of hydrogen-bond acceptors (Lipinski definition) is 4. The van der Waals surface area contributed by atoms with Gasteiger partial charge in [-0.2, -0.15) is 0 Å².